The number of para-hydroxylation sites is 2. The zero-order chi connectivity index (χ0) is 17.3. The molecule has 0 spiro atoms. The van der Waals surface area contributed by atoms with Crippen molar-refractivity contribution in [2.75, 3.05) is 6.54 Å². The summed E-state index contributed by atoms with van der Waals surface area (Å²) in [5.74, 6) is 2.05. The molecule has 5 rings (SSSR count). The average Bonchev–Trinajstić information content (AvgIpc) is 3.43. The van der Waals surface area contributed by atoms with E-state index in [1.54, 1.807) is 12.5 Å². The summed E-state index contributed by atoms with van der Waals surface area (Å²) >= 11 is 0. The molecule has 1 saturated heterocycles. The van der Waals surface area contributed by atoms with Crippen molar-refractivity contribution in [2.24, 2.45) is 0 Å². The van der Waals surface area contributed by atoms with Gasteiger partial charge < -0.3 is 9.84 Å². The van der Waals surface area contributed by atoms with E-state index in [1.807, 2.05) is 41.0 Å². The monoisotopic (exact) mass is 346 g/mol. The highest BCUT2D eigenvalue weighted by Crippen LogP contribution is 2.20. The van der Waals surface area contributed by atoms with Crippen LogP contribution in [-0.2, 0) is 6.42 Å². The van der Waals surface area contributed by atoms with E-state index in [1.165, 1.54) is 6.42 Å². The van der Waals surface area contributed by atoms with Gasteiger partial charge in [0.15, 0.2) is 0 Å². The molecule has 3 aromatic heterocycles. The molecule has 1 N–H and O–H groups in total. The van der Waals surface area contributed by atoms with Gasteiger partial charge >= 0.3 is 0 Å². The summed E-state index contributed by atoms with van der Waals surface area (Å²) in [5.41, 5.74) is 2.81. The van der Waals surface area contributed by atoms with Crippen LogP contribution >= 0.6 is 0 Å². The van der Waals surface area contributed by atoms with Crippen LogP contribution in [0, 0.1) is 0 Å². The Morgan fingerprint density at radius 3 is 2.96 bits per heavy atom. The zero-order valence-corrected chi connectivity index (χ0v) is 14.2. The predicted molar refractivity (Wildman–Crippen MR) is 96.9 cm³/mol. The van der Waals surface area contributed by atoms with Gasteiger partial charge in [-0.05, 0) is 43.7 Å². The first kappa shape index (κ1) is 15.2. The van der Waals surface area contributed by atoms with Gasteiger partial charge in [-0.1, -0.05) is 17.3 Å². The maximum atomic E-state index is 5.40. The summed E-state index contributed by atoms with van der Waals surface area (Å²) in [6.07, 6.45) is 6.70. The number of hydrogen-bond acceptors (Lipinski definition) is 6. The molecule has 1 aliphatic rings. The maximum absolute atomic E-state index is 5.40. The van der Waals surface area contributed by atoms with Gasteiger partial charge in [0.05, 0.1) is 11.0 Å². The number of hydrogen-bond donors (Lipinski definition) is 1. The molecule has 0 radical (unpaired) electrons. The van der Waals surface area contributed by atoms with E-state index in [9.17, 15) is 0 Å². The molecule has 0 saturated carbocycles. The lowest BCUT2D eigenvalue weighted by molar-refractivity contribution is 0.364. The molecule has 1 atom stereocenters. The maximum Gasteiger partial charge on any atom is 0.228 e. The van der Waals surface area contributed by atoms with E-state index in [4.69, 9.17) is 4.52 Å². The molecule has 1 aromatic carbocycles. The Kier molecular flexibility index (Phi) is 3.71. The molecule has 4 heterocycles. The van der Waals surface area contributed by atoms with Crippen LogP contribution in [0.1, 0.15) is 18.7 Å². The number of nitrogens with one attached hydrogen (secondary N) is 1. The van der Waals surface area contributed by atoms with Crippen LogP contribution in [0.2, 0.25) is 0 Å². The van der Waals surface area contributed by atoms with E-state index >= 15 is 0 Å². The minimum absolute atomic E-state index is 0.443. The molecular formula is C19H18N6O. The van der Waals surface area contributed by atoms with E-state index in [2.05, 4.69) is 25.4 Å². The van der Waals surface area contributed by atoms with Crippen molar-refractivity contribution in [1.82, 2.24) is 30.0 Å². The Morgan fingerprint density at radius 2 is 2.12 bits per heavy atom. The van der Waals surface area contributed by atoms with Crippen LogP contribution in [0.3, 0.4) is 0 Å². The molecule has 1 aliphatic heterocycles. The summed E-state index contributed by atoms with van der Waals surface area (Å²) in [5, 5.41) is 7.54. The quantitative estimate of drug-likeness (QED) is 0.612. The number of aromatic nitrogens is 5. The summed E-state index contributed by atoms with van der Waals surface area (Å²) < 4.78 is 7.36. The van der Waals surface area contributed by atoms with Crippen molar-refractivity contribution >= 4 is 11.0 Å². The molecule has 7 nitrogen and oxygen atoms in total. The second kappa shape index (κ2) is 6.34. The highest BCUT2D eigenvalue weighted by atomic mass is 16.5. The fourth-order valence-corrected chi connectivity index (χ4v) is 3.40. The fraction of sp³-hybridized carbons (Fsp3) is 0.263. The van der Waals surface area contributed by atoms with Gasteiger partial charge in [0.1, 0.15) is 12.1 Å². The number of imidazole rings is 1. The second-order valence-electron chi connectivity index (χ2n) is 6.52. The van der Waals surface area contributed by atoms with Crippen molar-refractivity contribution in [3.05, 3.63) is 54.8 Å². The van der Waals surface area contributed by atoms with E-state index in [0.29, 0.717) is 17.8 Å². The molecule has 26 heavy (non-hydrogen) atoms. The van der Waals surface area contributed by atoms with Crippen molar-refractivity contribution in [3.63, 3.8) is 0 Å². The van der Waals surface area contributed by atoms with Gasteiger partial charge in [-0.25, -0.2) is 9.97 Å². The highest BCUT2D eigenvalue weighted by Gasteiger charge is 2.18. The van der Waals surface area contributed by atoms with Crippen LogP contribution in [0.4, 0.5) is 0 Å². The zero-order valence-electron chi connectivity index (χ0n) is 14.2. The molecule has 130 valence electrons. The molecule has 1 unspecified atom stereocenters. The first-order valence-corrected chi connectivity index (χ1v) is 8.82. The Bertz CT molecular complexity index is 1030. The number of fused-ring (bicyclic) bond motifs is 1. The van der Waals surface area contributed by atoms with Crippen molar-refractivity contribution in [2.45, 2.75) is 25.3 Å². The second-order valence-corrected chi connectivity index (χ2v) is 6.52. The lowest BCUT2D eigenvalue weighted by Crippen LogP contribution is -2.23. The molecule has 0 amide bonds. The molecule has 7 heteroatoms. The van der Waals surface area contributed by atoms with Crippen LogP contribution in [0.25, 0.3) is 28.2 Å². The van der Waals surface area contributed by atoms with Crippen molar-refractivity contribution in [3.8, 4) is 17.2 Å². The van der Waals surface area contributed by atoms with E-state index in [0.717, 1.165) is 41.8 Å². The normalized spacial score (nSPS) is 17.2. The van der Waals surface area contributed by atoms with Crippen molar-refractivity contribution < 1.29 is 4.52 Å². The first-order valence-electron chi connectivity index (χ1n) is 8.82. The van der Waals surface area contributed by atoms with Gasteiger partial charge in [0.2, 0.25) is 11.7 Å². The standard InChI is InChI=1S/C19H18N6O/c1-2-6-16-15(5-1)22-12-25(16)17-8-7-13(11-21-17)19-23-18(26-24-19)10-14-4-3-9-20-14/h1-2,5-8,11-12,14,20H,3-4,9-10H2. The third-order valence-electron chi connectivity index (χ3n) is 4.76. The minimum atomic E-state index is 0.443. The molecule has 0 aliphatic carbocycles. The van der Waals surface area contributed by atoms with Crippen LogP contribution < -0.4 is 5.32 Å². The smallest absolute Gasteiger partial charge is 0.228 e. The Balaban J connectivity index is 1.39. The lowest BCUT2D eigenvalue weighted by atomic mass is 10.1. The van der Waals surface area contributed by atoms with Gasteiger partial charge in [-0.15, -0.1) is 0 Å². The Hall–Kier alpha value is -3.06. The number of pyridine rings is 1. The fourth-order valence-electron chi connectivity index (χ4n) is 3.40. The van der Waals surface area contributed by atoms with Gasteiger partial charge in [-0.2, -0.15) is 4.98 Å². The number of nitrogens with zero attached hydrogens (tertiary/aromatic N) is 5. The van der Waals surface area contributed by atoms with Crippen LogP contribution in [0.15, 0.2) is 53.4 Å². The SMILES string of the molecule is c1ccc2c(c1)ncn2-c1ccc(-c2noc(CC3CCCN3)n2)cn1. The molecule has 1 fully saturated rings. The van der Waals surface area contributed by atoms with E-state index in [-0.39, 0.29) is 0 Å². The van der Waals surface area contributed by atoms with Gasteiger partial charge in [0.25, 0.3) is 0 Å². The summed E-state index contributed by atoms with van der Waals surface area (Å²) in [4.78, 5) is 13.5. The Morgan fingerprint density at radius 1 is 1.15 bits per heavy atom. The Labute approximate surface area is 150 Å². The number of benzene rings is 1. The lowest BCUT2D eigenvalue weighted by Gasteiger charge is -2.04. The molecule has 4 aromatic rings. The third kappa shape index (κ3) is 2.76. The van der Waals surface area contributed by atoms with Gasteiger partial charge in [-0.3, -0.25) is 4.57 Å². The molecular weight excluding hydrogens is 328 g/mol. The van der Waals surface area contributed by atoms with Crippen molar-refractivity contribution in [1.29, 1.82) is 0 Å². The average molecular weight is 346 g/mol. The minimum Gasteiger partial charge on any atom is -0.339 e. The van der Waals surface area contributed by atoms with Crippen LogP contribution in [-0.4, -0.2) is 37.3 Å². The van der Waals surface area contributed by atoms with Gasteiger partial charge in [0, 0.05) is 24.2 Å². The van der Waals surface area contributed by atoms with E-state index < -0.39 is 0 Å². The molecule has 0 bridgehead atoms. The number of rotatable bonds is 4. The first-order chi connectivity index (χ1) is 12.9. The topological polar surface area (TPSA) is 81.7 Å². The third-order valence-corrected chi connectivity index (χ3v) is 4.76. The predicted octanol–water partition coefficient (Wildman–Crippen LogP) is 2.76. The highest BCUT2D eigenvalue weighted by molar-refractivity contribution is 5.76. The van der Waals surface area contributed by atoms with Crippen LogP contribution in [0.5, 0.6) is 0 Å². The summed E-state index contributed by atoms with van der Waals surface area (Å²) in [7, 11) is 0. The largest absolute Gasteiger partial charge is 0.339 e. The summed E-state index contributed by atoms with van der Waals surface area (Å²) in [6, 6.07) is 12.3. The summed E-state index contributed by atoms with van der Waals surface area (Å²) in [6.45, 7) is 1.07.